The Bertz CT molecular complexity index is 1750. The zero-order valence-corrected chi connectivity index (χ0v) is 22.4. The molecule has 0 amide bonds. The zero-order valence-electron chi connectivity index (χ0n) is 21.6. The van der Waals surface area contributed by atoms with E-state index in [0.29, 0.717) is 22.6 Å². The van der Waals surface area contributed by atoms with Gasteiger partial charge in [-0.15, -0.1) is 0 Å². The Balaban J connectivity index is 1.98. The van der Waals surface area contributed by atoms with Crippen molar-refractivity contribution >= 4 is 32.5 Å². The van der Waals surface area contributed by atoms with Crippen molar-refractivity contribution < 1.29 is 27.3 Å². The van der Waals surface area contributed by atoms with Crippen LogP contribution < -0.4 is 10.3 Å². The number of ether oxygens (including phenoxy) is 2. The van der Waals surface area contributed by atoms with Crippen molar-refractivity contribution in [1.82, 2.24) is 14.1 Å². The van der Waals surface area contributed by atoms with Crippen LogP contribution >= 0.6 is 0 Å². The summed E-state index contributed by atoms with van der Waals surface area (Å²) in [6.07, 6.45) is 6.35. The standard InChI is InChI=1S/C26H26F2N4O5S/c1-26(2,3)37-25(34)32-10-9-16-18(14-31(4)24(33)23(16)32)17-12-22(30-38(5,6)35)29-13-21(17)36-20-8-7-15(27)11-19(20)28/h7-14H,1-6H3. The molecule has 0 radical (unpaired) electrons. The summed E-state index contributed by atoms with van der Waals surface area (Å²) < 4.78 is 58.0. The first-order chi connectivity index (χ1) is 17.6. The number of carbonyl (C=O) groups excluding carboxylic acids is 1. The number of aryl methyl sites for hydroxylation is 1. The number of nitrogens with zero attached hydrogens (tertiary/aromatic N) is 4. The summed E-state index contributed by atoms with van der Waals surface area (Å²) in [6, 6.07) is 5.91. The first kappa shape index (κ1) is 27.0. The third-order valence-corrected chi connectivity index (χ3v) is 5.81. The fourth-order valence-corrected chi connectivity index (χ4v) is 4.26. The van der Waals surface area contributed by atoms with Crippen molar-refractivity contribution in [3.63, 3.8) is 0 Å². The van der Waals surface area contributed by atoms with E-state index in [4.69, 9.17) is 9.47 Å². The molecule has 0 bridgehead atoms. The molecule has 0 aliphatic rings. The van der Waals surface area contributed by atoms with E-state index >= 15 is 0 Å². The minimum Gasteiger partial charge on any atom is -0.452 e. The summed E-state index contributed by atoms with van der Waals surface area (Å²) >= 11 is 0. The lowest BCUT2D eigenvalue weighted by Gasteiger charge is -2.20. The lowest BCUT2D eigenvalue weighted by molar-refractivity contribution is 0.0544. The van der Waals surface area contributed by atoms with Crippen LogP contribution in [0, 0.1) is 11.6 Å². The Labute approximate surface area is 217 Å². The van der Waals surface area contributed by atoms with E-state index in [2.05, 4.69) is 9.35 Å². The Morgan fingerprint density at radius 2 is 1.79 bits per heavy atom. The van der Waals surface area contributed by atoms with Gasteiger partial charge >= 0.3 is 6.09 Å². The summed E-state index contributed by atoms with van der Waals surface area (Å²) in [5.41, 5.74) is -0.488. The smallest absolute Gasteiger partial charge is 0.419 e. The van der Waals surface area contributed by atoms with Crippen LogP contribution in [0.3, 0.4) is 0 Å². The monoisotopic (exact) mass is 544 g/mol. The van der Waals surface area contributed by atoms with Gasteiger partial charge in [0.2, 0.25) is 0 Å². The second-order valence-electron chi connectivity index (χ2n) is 9.88. The highest BCUT2D eigenvalue weighted by Crippen LogP contribution is 2.39. The Morgan fingerprint density at radius 3 is 2.42 bits per heavy atom. The normalized spacial score (nSPS) is 12.0. The molecule has 9 nitrogen and oxygen atoms in total. The second-order valence-corrected chi connectivity index (χ2v) is 12.4. The summed E-state index contributed by atoms with van der Waals surface area (Å²) in [7, 11) is -1.08. The number of benzene rings is 1. The molecule has 38 heavy (non-hydrogen) atoms. The van der Waals surface area contributed by atoms with E-state index in [9.17, 15) is 22.6 Å². The molecule has 0 saturated heterocycles. The van der Waals surface area contributed by atoms with Gasteiger partial charge in [0.25, 0.3) is 5.56 Å². The van der Waals surface area contributed by atoms with Gasteiger partial charge in [-0.3, -0.25) is 4.79 Å². The molecule has 4 rings (SSSR count). The Hall–Kier alpha value is -4.06. The minimum atomic E-state index is -2.59. The van der Waals surface area contributed by atoms with Crippen LogP contribution in [-0.2, 0) is 21.5 Å². The number of aromatic nitrogens is 3. The van der Waals surface area contributed by atoms with E-state index in [1.807, 2.05) is 0 Å². The fraction of sp³-hybridized carbons (Fsp3) is 0.269. The largest absolute Gasteiger partial charge is 0.452 e. The Kier molecular flexibility index (Phi) is 6.87. The van der Waals surface area contributed by atoms with E-state index in [1.165, 1.54) is 48.8 Å². The highest BCUT2D eigenvalue weighted by atomic mass is 32.2. The molecular formula is C26H26F2N4O5S. The Morgan fingerprint density at radius 1 is 1.08 bits per heavy atom. The van der Waals surface area contributed by atoms with Crippen LogP contribution in [0.25, 0.3) is 22.0 Å². The van der Waals surface area contributed by atoms with Gasteiger partial charge in [0.15, 0.2) is 23.1 Å². The van der Waals surface area contributed by atoms with E-state index < -0.39 is 38.6 Å². The predicted octanol–water partition coefficient (Wildman–Crippen LogP) is 5.61. The molecule has 0 aliphatic carbocycles. The maximum atomic E-state index is 14.4. The first-order valence-electron chi connectivity index (χ1n) is 11.4. The van der Waals surface area contributed by atoms with Crippen LogP contribution in [0.15, 0.2) is 58.1 Å². The van der Waals surface area contributed by atoms with Gasteiger partial charge in [0, 0.05) is 64.3 Å². The fourth-order valence-electron chi connectivity index (χ4n) is 3.71. The first-order valence-corrected chi connectivity index (χ1v) is 13.7. The van der Waals surface area contributed by atoms with Gasteiger partial charge in [0.1, 0.15) is 16.9 Å². The molecule has 0 unspecified atom stereocenters. The van der Waals surface area contributed by atoms with Crippen LogP contribution in [0.2, 0.25) is 0 Å². The van der Waals surface area contributed by atoms with Crippen LogP contribution in [0.5, 0.6) is 11.5 Å². The highest BCUT2D eigenvalue weighted by Gasteiger charge is 2.24. The number of fused-ring (bicyclic) bond motifs is 1. The summed E-state index contributed by atoms with van der Waals surface area (Å²) in [4.78, 5) is 30.2. The van der Waals surface area contributed by atoms with Crippen molar-refractivity contribution in [2.75, 3.05) is 12.5 Å². The van der Waals surface area contributed by atoms with Gasteiger partial charge in [-0.1, -0.05) is 0 Å². The maximum absolute atomic E-state index is 14.4. The molecular weight excluding hydrogens is 518 g/mol. The molecule has 3 aromatic heterocycles. The SMILES string of the molecule is Cn1cc(-c2cc(N=S(C)(C)=O)ncc2Oc2ccc(F)cc2F)c2ccn(C(=O)OC(C)(C)C)c2c1=O. The number of hydrogen-bond acceptors (Lipinski definition) is 7. The lowest BCUT2D eigenvalue weighted by Crippen LogP contribution is -2.29. The van der Waals surface area contributed by atoms with Crippen LogP contribution in [-0.4, -0.2) is 42.5 Å². The third kappa shape index (κ3) is 5.75. The quantitative estimate of drug-likeness (QED) is 0.331. The van der Waals surface area contributed by atoms with Gasteiger partial charge in [-0.25, -0.2) is 27.3 Å². The van der Waals surface area contributed by atoms with Gasteiger partial charge in [-0.05, 0) is 45.0 Å². The molecule has 0 atom stereocenters. The van der Waals surface area contributed by atoms with Crippen molar-refractivity contribution in [2.45, 2.75) is 26.4 Å². The number of hydrogen-bond donors (Lipinski definition) is 0. The van der Waals surface area contributed by atoms with E-state index in [1.54, 1.807) is 26.8 Å². The molecule has 0 spiro atoms. The highest BCUT2D eigenvalue weighted by molar-refractivity contribution is 7.92. The van der Waals surface area contributed by atoms with Crippen LogP contribution in [0.4, 0.5) is 19.4 Å². The van der Waals surface area contributed by atoms with E-state index in [-0.39, 0.29) is 22.8 Å². The van der Waals surface area contributed by atoms with Gasteiger partial charge < -0.3 is 14.0 Å². The third-order valence-electron chi connectivity index (χ3n) is 5.18. The lowest BCUT2D eigenvalue weighted by atomic mass is 10.0. The average Bonchev–Trinajstić information content (AvgIpc) is 3.23. The summed E-state index contributed by atoms with van der Waals surface area (Å²) in [5, 5.41) is 0.370. The topological polar surface area (TPSA) is 105 Å². The number of rotatable bonds is 4. The van der Waals surface area contributed by atoms with Crippen molar-refractivity contribution in [1.29, 1.82) is 0 Å². The molecule has 4 aromatic rings. The van der Waals surface area contributed by atoms with Crippen molar-refractivity contribution in [3.8, 4) is 22.6 Å². The molecule has 3 heterocycles. The summed E-state index contributed by atoms with van der Waals surface area (Å²) in [5.74, 6) is -1.81. The van der Waals surface area contributed by atoms with Crippen LogP contribution in [0.1, 0.15) is 20.8 Å². The molecule has 0 N–H and O–H groups in total. The zero-order chi connectivity index (χ0) is 28.0. The van der Waals surface area contributed by atoms with Gasteiger partial charge in [0.05, 0.1) is 6.20 Å². The molecule has 200 valence electrons. The predicted molar refractivity (Wildman–Crippen MR) is 141 cm³/mol. The van der Waals surface area contributed by atoms with E-state index in [0.717, 1.165) is 16.7 Å². The number of pyridine rings is 2. The minimum absolute atomic E-state index is 0.0447. The van der Waals surface area contributed by atoms with Gasteiger partial charge in [-0.2, -0.15) is 4.36 Å². The average molecular weight is 545 g/mol. The summed E-state index contributed by atoms with van der Waals surface area (Å²) in [6.45, 7) is 5.12. The van der Waals surface area contributed by atoms with Crippen molar-refractivity contribution in [3.05, 3.63) is 70.9 Å². The maximum Gasteiger partial charge on any atom is 0.419 e. The van der Waals surface area contributed by atoms with Crippen molar-refractivity contribution in [2.24, 2.45) is 11.4 Å². The molecule has 0 fully saturated rings. The molecule has 12 heteroatoms. The number of carbonyl (C=O) groups is 1. The number of halogens is 2. The molecule has 1 aromatic carbocycles. The second kappa shape index (κ2) is 9.67. The molecule has 0 saturated carbocycles. The molecule has 0 aliphatic heterocycles.